The summed E-state index contributed by atoms with van der Waals surface area (Å²) in [5.41, 5.74) is 3.63. The third-order valence-electron chi connectivity index (χ3n) is 7.03. The van der Waals surface area contributed by atoms with Crippen molar-refractivity contribution in [3.05, 3.63) is 77.7 Å². The number of benzene rings is 1. The lowest BCUT2D eigenvalue weighted by Gasteiger charge is -2.32. The van der Waals surface area contributed by atoms with Gasteiger partial charge in [0.2, 0.25) is 5.91 Å². The Hall–Kier alpha value is -3.81. The lowest BCUT2D eigenvalue weighted by atomic mass is 9.89. The van der Waals surface area contributed by atoms with Gasteiger partial charge in [-0.05, 0) is 74.1 Å². The summed E-state index contributed by atoms with van der Waals surface area (Å²) < 4.78 is 0. The van der Waals surface area contributed by atoms with Crippen molar-refractivity contribution >= 4 is 23.3 Å². The zero-order valence-electron chi connectivity index (χ0n) is 19.9. The zero-order chi connectivity index (χ0) is 24.2. The summed E-state index contributed by atoms with van der Waals surface area (Å²) in [5, 5.41) is 11.1. The minimum absolute atomic E-state index is 0.0431. The summed E-state index contributed by atoms with van der Waals surface area (Å²) >= 11 is 0. The number of nitrogens with one attached hydrogen (secondary N) is 1. The van der Waals surface area contributed by atoms with Gasteiger partial charge in [-0.15, -0.1) is 5.10 Å². The third kappa shape index (κ3) is 5.31. The van der Waals surface area contributed by atoms with E-state index in [-0.39, 0.29) is 17.7 Å². The van der Waals surface area contributed by atoms with Gasteiger partial charge in [0.1, 0.15) is 0 Å². The summed E-state index contributed by atoms with van der Waals surface area (Å²) in [4.78, 5) is 33.8. The quantitative estimate of drug-likeness (QED) is 0.612. The molecule has 2 saturated heterocycles. The van der Waals surface area contributed by atoms with Gasteiger partial charge in [0.05, 0.1) is 11.5 Å². The van der Waals surface area contributed by atoms with Gasteiger partial charge >= 0.3 is 0 Å². The Kier molecular flexibility index (Phi) is 6.70. The average molecular weight is 471 g/mol. The highest BCUT2D eigenvalue weighted by Crippen LogP contribution is 2.30. The minimum Gasteiger partial charge on any atom is -0.354 e. The third-order valence-corrected chi connectivity index (χ3v) is 7.03. The Morgan fingerprint density at radius 1 is 0.971 bits per heavy atom. The van der Waals surface area contributed by atoms with Gasteiger partial charge in [0.25, 0.3) is 5.91 Å². The van der Waals surface area contributed by atoms with Gasteiger partial charge in [-0.1, -0.05) is 12.1 Å². The van der Waals surface area contributed by atoms with E-state index in [1.807, 2.05) is 48.2 Å². The fraction of sp³-hybridized carbons (Fsp3) is 0.370. The number of hydrogen-bond acceptors (Lipinski definition) is 6. The second-order valence-electron chi connectivity index (χ2n) is 9.38. The fourth-order valence-electron chi connectivity index (χ4n) is 4.92. The monoisotopic (exact) mass is 470 g/mol. The zero-order valence-corrected chi connectivity index (χ0v) is 19.9. The van der Waals surface area contributed by atoms with Gasteiger partial charge in [-0.2, -0.15) is 5.10 Å². The number of piperidine rings is 1. The highest BCUT2D eigenvalue weighted by Gasteiger charge is 2.29. The molecule has 8 nitrogen and oxygen atoms in total. The first-order valence-corrected chi connectivity index (χ1v) is 12.2. The molecule has 2 amide bonds. The molecule has 8 heteroatoms. The van der Waals surface area contributed by atoms with Crippen LogP contribution >= 0.6 is 0 Å². The Labute approximate surface area is 205 Å². The van der Waals surface area contributed by atoms with Crippen molar-refractivity contribution in [1.82, 2.24) is 20.1 Å². The molecule has 35 heavy (non-hydrogen) atoms. The molecule has 0 unspecified atom stereocenters. The maximum atomic E-state index is 12.8. The lowest BCUT2D eigenvalue weighted by molar-refractivity contribution is -0.119. The molecule has 1 atom stereocenters. The second kappa shape index (κ2) is 10.2. The Morgan fingerprint density at radius 2 is 1.77 bits per heavy atom. The number of nitrogens with zero attached hydrogens (tertiary/aromatic N) is 5. The summed E-state index contributed by atoms with van der Waals surface area (Å²) in [6, 6.07) is 15.7. The highest BCUT2D eigenvalue weighted by molar-refractivity contribution is 5.94. The molecule has 2 aliphatic rings. The molecule has 180 valence electrons. The molecule has 2 aromatic heterocycles. The molecule has 1 aromatic carbocycles. The maximum absolute atomic E-state index is 12.8. The van der Waals surface area contributed by atoms with E-state index in [4.69, 9.17) is 0 Å². The van der Waals surface area contributed by atoms with Crippen LogP contribution < -0.4 is 10.2 Å². The molecule has 0 aliphatic carbocycles. The van der Waals surface area contributed by atoms with Crippen molar-refractivity contribution in [1.29, 1.82) is 0 Å². The second-order valence-corrected chi connectivity index (χ2v) is 9.38. The Bertz CT molecular complexity index is 1160. The summed E-state index contributed by atoms with van der Waals surface area (Å²) in [5.74, 6) is 1.26. The molecule has 0 spiro atoms. The molecule has 2 aliphatic heterocycles. The lowest BCUT2D eigenvalue weighted by Crippen LogP contribution is -2.38. The average Bonchev–Trinajstić information content (AvgIpc) is 3.41. The topological polar surface area (TPSA) is 91.3 Å². The summed E-state index contributed by atoms with van der Waals surface area (Å²) in [7, 11) is 0. The Balaban J connectivity index is 1.12. The number of aromatic nitrogens is 3. The van der Waals surface area contributed by atoms with Gasteiger partial charge in [0.15, 0.2) is 5.82 Å². The first-order valence-electron chi connectivity index (χ1n) is 12.2. The summed E-state index contributed by atoms with van der Waals surface area (Å²) in [6.45, 7) is 4.84. The number of carbonyl (C=O) groups excluding carboxylic acids is 2. The van der Waals surface area contributed by atoms with E-state index in [1.54, 1.807) is 12.4 Å². The standard InChI is InChI=1S/C27H30N6O2/c1-19-4-5-22(17-28-19)27(35)32-14-10-21(11-15-32)20-6-8-24(9-7-20)30-26(34)23-12-16-33(18-23)25-3-2-13-29-31-25/h2-9,13,17,21,23H,10-12,14-16,18H2,1H3,(H,30,34)/t23-/m0/s1. The van der Waals surface area contributed by atoms with E-state index in [1.165, 1.54) is 5.56 Å². The number of pyridine rings is 1. The van der Waals surface area contributed by atoms with E-state index in [0.29, 0.717) is 18.0 Å². The van der Waals surface area contributed by atoms with Gasteiger partial charge in [-0.3, -0.25) is 14.6 Å². The van der Waals surface area contributed by atoms with Crippen LogP contribution in [0.3, 0.4) is 0 Å². The van der Waals surface area contributed by atoms with E-state index < -0.39 is 0 Å². The van der Waals surface area contributed by atoms with Gasteiger partial charge < -0.3 is 15.1 Å². The number of amides is 2. The van der Waals surface area contributed by atoms with Gasteiger partial charge in [0, 0.05) is 50.0 Å². The molecule has 4 heterocycles. The van der Waals surface area contributed by atoms with E-state index in [0.717, 1.165) is 56.1 Å². The SMILES string of the molecule is Cc1ccc(C(=O)N2CCC(c3ccc(NC(=O)[C@H]4CCN(c5cccnn5)C4)cc3)CC2)cn1. The van der Waals surface area contributed by atoms with Crippen LogP contribution in [0.25, 0.3) is 0 Å². The number of anilines is 2. The van der Waals surface area contributed by atoms with Crippen molar-refractivity contribution in [2.75, 3.05) is 36.4 Å². The van der Waals surface area contributed by atoms with Crippen molar-refractivity contribution in [3.8, 4) is 0 Å². The number of carbonyl (C=O) groups is 2. The molecule has 0 radical (unpaired) electrons. The molecule has 2 fully saturated rings. The normalized spacial score (nSPS) is 18.5. The van der Waals surface area contributed by atoms with Crippen molar-refractivity contribution in [3.63, 3.8) is 0 Å². The van der Waals surface area contributed by atoms with Gasteiger partial charge in [-0.25, -0.2) is 0 Å². The largest absolute Gasteiger partial charge is 0.354 e. The van der Waals surface area contributed by atoms with Crippen LogP contribution in [-0.2, 0) is 4.79 Å². The number of rotatable bonds is 5. The highest BCUT2D eigenvalue weighted by atomic mass is 16.2. The summed E-state index contributed by atoms with van der Waals surface area (Å²) in [6.07, 6.45) is 5.97. The van der Waals surface area contributed by atoms with E-state index >= 15 is 0 Å². The molecular weight excluding hydrogens is 440 g/mol. The number of hydrogen-bond donors (Lipinski definition) is 1. The maximum Gasteiger partial charge on any atom is 0.255 e. The predicted octanol–water partition coefficient (Wildman–Crippen LogP) is 3.66. The van der Waals surface area contributed by atoms with Crippen LogP contribution in [0.2, 0.25) is 0 Å². The van der Waals surface area contributed by atoms with Crippen LogP contribution in [-0.4, -0.2) is 58.1 Å². The molecule has 3 aromatic rings. The minimum atomic E-state index is -0.0673. The van der Waals surface area contributed by atoms with Crippen molar-refractivity contribution in [2.24, 2.45) is 5.92 Å². The van der Waals surface area contributed by atoms with Crippen LogP contribution in [0.5, 0.6) is 0 Å². The Morgan fingerprint density at radius 3 is 2.46 bits per heavy atom. The molecule has 5 rings (SSSR count). The van der Waals surface area contributed by atoms with E-state index in [2.05, 4.69) is 37.5 Å². The molecular formula is C27H30N6O2. The van der Waals surface area contributed by atoms with Crippen LogP contribution in [0, 0.1) is 12.8 Å². The van der Waals surface area contributed by atoms with Crippen molar-refractivity contribution in [2.45, 2.75) is 32.1 Å². The number of likely N-dealkylation sites (tertiary alicyclic amines) is 1. The first kappa shape index (κ1) is 23.0. The predicted molar refractivity (Wildman–Crippen MR) is 134 cm³/mol. The first-order chi connectivity index (χ1) is 17.1. The van der Waals surface area contributed by atoms with Crippen molar-refractivity contribution < 1.29 is 9.59 Å². The van der Waals surface area contributed by atoms with Crippen LogP contribution in [0.15, 0.2) is 60.9 Å². The number of aryl methyl sites for hydroxylation is 1. The van der Waals surface area contributed by atoms with Crippen LogP contribution in [0.4, 0.5) is 11.5 Å². The smallest absolute Gasteiger partial charge is 0.255 e. The molecule has 0 saturated carbocycles. The molecule has 0 bridgehead atoms. The fourth-order valence-corrected chi connectivity index (χ4v) is 4.92. The molecule has 1 N–H and O–H groups in total. The van der Waals surface area contributed by atoms with Crippen LogP contribution in [0.1, 0.15) is 46.8 Å². The van der Waals surface area contributed by atoms with E-state index in [9.17, 15) is 9.59 Å².